The predicted molar refractivity (Wildman–Crippen MR) is 126 cm³/mol. The van der Waals surface area contributed by atoms with Gasteiger partial charge in [0.05, 0.1) is 4.90 Å². The smallest absolute Gasteiger partial charge is 0.243 e. The van der Waals surface area contributed by atoms with Crippen molar-refractivity contribution in [1.29, 1.82) is 0 Å². The van der Waals surface area contributed by atoms with Gasteiger partial charge in [0.25, 0.3) is 0 Å². The molecule has 1 saturated heterocycles. The van der Waals surface area contributed by atoms with Crippen molar-refractivity contribution >= 4 is 15.9 Å². The van der Waals surface area contributed by atoms with Crippen LogP contribution in [0.1, 0.15) is 41.5 Å². The fourth-order valence-electron chi connectivity index (χ4n) is 4.68. The standard InChI is InChI=1S/C25H33N3O3S/c1-27(2)18-20-8-6-19(7-9-20)17-26-25(29)22-12-14-28(15-13-22)32(30,31)24-11-10-21-4-3-5-23(21)16-24/h6-11,16,22H,3-5,12-15,17-18H2,1-2H3,(H,26,29). The van der Waals surface area contributed by atoms with Gasteiger partial charge in [-0.05, 0) is 80.6 Å². The van der Waals surface area contributed by atoms with E-state index in [0.717, 1.165) is 36.9 Å². The van der Waals surface area contributed by atoms with Gasteiger partial charge in [0, 0.05) is 32.1 Å². The Bertz CT molecular complexity index is 1060. The second-order valence-electron chi connectivity index (χ2n) is 9.23. The van der Waals surface area contributed by atoms with Gasteiger partial charge in [-0.1, -0.05) is 30.3 Å². The molecule has 2 aromatic carbocycles. The Labute approximate surface area is 191 Å². The molecular formula is C25H33N3O3S. The second kappa shape index (κ2) is 9.73. The first-order chi connectivity index (χ1) is 15.3. The zero-order chi connectivity index (χ0) is 22.7. The molecule has 4 rings (SSSR count). The molecule has 7 heteroatoms. The van der Waals surface area contributed by atoms with E-state index in [9.17, 15) is 13.2 Å². The Morgan fingerprint density at radius 2 is 1.66 bits per heavy atom. The fraction of sp³-hybridized carbons (Fsp3) is 0.480. The molecule has 2 aromatic rings. The van der Waals surface area contributed by atoms with Crippen molar-refractivity contribution in [2.24, 2.45) is 5.92 Å². The third kappa shape index (κ3) is 5.22. The highest BCUT2D eigenvalue weighted by Gasteiger charge is 2.32. The third-order valence-electron chi connectivity index (χ3n) is 6.52. The minimum atomic E-state index is -3.50. The SMILES string of the molecule is CN(C)Cc1ccc(CNC(=O)C2CCN(S(=O)(=O)c3ccc4c(c3)CCC4)CC2)cc1. The first-order valence-electron chi connectivity index (χ1n) is 11.4. The van der Waals surface area contributed by atoms with Crippen molar-refractivity contribution in [2.75, 3.05) is 27.2 Å². The lowest BCUT2D eigenvalue weighted by Crippen LogP contribution is -2.42. The number of nitrogens with one attached hydrogen (secondary N) is 1. The highest BCUT2D eigenvalue weighted by Crippen LogP contribution is 2.28. The summed E-state index contributed by atoms with van der Waals surface area (Å²) in [6.45, 7) is 2.15. The number of piperidine rings is 1. The summed E-state index contributed by atoms with van der Waals surface area (Å²) in [5.74, 6) is -0.133. The highest BCUT2D eigenvalue weighted by molar-refractivity contribution is 7.89. The van der Waals surface area contributed by atoms with Crippen molar-refractivity contribution in [3.63, 3.8) is 0 Å². The first-order valence-corrected chi connectivity index (χ1v) is 12.9. The van der Waals surface area contributed by atoms with E-state index in [1.54, 1.807) is 6.07 Å². The molecule has 172 valence electrons. The molecule has 1 amide bonds. The quantitative estimate of drug-likeness (QED) is 0.697. The van der Waals surface area contributed by atoms with Crippen LogP contribution in [-0.4, -0.2) is 50.7 Å². The van der Waals surface area contributed by atoms with E-state index < -0.39 is 10.0 Å². The average molecular weight is 456 g/mol. The van der Waals surface area contributed by atoms with Gasteiger partial charge in [0.15, 0.2) is 0 Å². The van der Waals surface area contributed by atoms with Crippen LogP contribution in [0.15, 0.2) is 47.4 Å². The van der Waals surface area contributed by atoms with Crippen molar-refractivity contribution < 1.29 is 13.2 Å². The number of carbonyl (C=O) groups excluding carboxylic acids is 1. The second-order valence-corrected chi connectivity index (χ2v) is 11.2. The van der Waals surface area contributed by atoms with E-state index in [4.69, 9.17) is 0 Å². The molecule has 1 N–H and O–H groups in total. The van der Waals surface area contributed by atoms with Crippen LogP contribution in [-0.2, 0) is 40.7 Å². The van der Waals surface area contributed by atoms with Crippen LogP contribution in [0.25, 0.3) is 0 Å². The largest absolute Gasteiger partial charge is 0.352 e. The maximum absolute atomic E-state index is 13.1. The number of hydrogen-bond donors (Lipinski definition) is 1. The van der Waals surface area contributed by atoms with Crippen LogP contribution >= 0.6 is 0 Å². The van der Waals surface area contributed by atoms with E-state index >= 15 is 0 Å². The van der Waals surface area contributed by atoms with E-state index in [2.05, 4.69) is 22.3 Å². The Balaban J connectivity index is 1.29. The Kier molecular flexibility index (Phi) is 6.98. The minimum absolute atomic E-state index is 0.0111. The summed E-state index contributed by atoms with van der Waals surface area (Å²) in [5.41, 5.74) is 4.74. The zero-order valence-corrected chi connectivity index (χ0v) is 19.8. The number of benzene rings is 2. The van der Waals surface area contributed by atoms with Crippen molar-refractivity contribution in [2.45, 2.75) is 50.1 Å². The molecule has 1 aliphatic heterocycles. The molecule has 1 aliphatic carbocycles. The predicted octanol–water partition coefficient (Wildman–Crippen LogP) is 2.95. The maximum Gasteiger partial charge on any atom is 0.243 e. The Hall–Kier alpha value is -2.22. The Morgan fingerprint density at radius 1 is 1.00 bits per heavy atom. The first kappa shape index (κ1) is 23.0. The summed E-state index contributed by atoms with van der Waals surface area (Å²) in [4.78, 5) is 15.2. The van der Waals surface area contributed by atoms with Crippen LogP contribution < -0.4 is 5.32 Å². The molecule has 0 atom stereocenters. The van der Waals surface area contributed by atoms with Gasteiger partial charge in [-0.15, -0.1) is 0 Å². The van der Waals surface area contributed by atoms with Crippen LogP contribution in [0, 0.1) is 5.92 Å². The zero-order valence-electron chi connectivity index (χ0n) is 19.0. The number of hydrogen-bond acceptors (Lipinski definition) is 4. The van der Waals surface area contributed by atoms with Crippen molar-refractivity contribution in [3.8, 4) is 0 Å². The van der Waals surface area contributed by atoms with Crippen molar-refractivity contribution in [3.05, 3.63) is 64.7 Å². The molecule has 0 saturated carbocycles. The number of fused-ring (bicyclic) bond motifs is 1. The van der Waals surface area contributed by atoms with E-state index in [-0.39, 0.29) is 11.8 Å². The Morgan fingerprint density at radius 3 is 2.34 bits per heavy atom. The number of rotatable bonds is 7. The normalized spacial score (nSPS) is 17.5. The molecular weight excluding hydrogens is 422 g/mol. The monoisotopic (exact) mass is 455 g/mol. The number of amides is 1. The highest BCUT2D eigenvalue weighted by atomic mass is 32.2. The lowest BCUT2D eigenvalue weighted by molar-refractivity contribution is -0.126. The summed E-state index contributed by atoms with van der Waals surface area (Å²) in [6, 6.07) is 13.8. The molecule has 2 aliphatic rings. The van der Waals surface area contributed by atoms with Gasteiger partial charge >= 0.3 is 0 Å². The van der Waals surface area contributed by atoms with Crippen LogP contribution in [0.3, 0.4) is 0 Å². The number of aryl methyl sites for hydroxylation is 2. The van der Waals surface area contributed by atoms with Gasteiger partial charge < -0.3 is 10.2 Å². The summed E-state index contributed by atoms with van der Waals surface area (Å²) in [5, 5.41) is 3.03. The summed E-state index contributed by atoms with van der Waals surface area (Å²) < 4.78 is 27.7. The fourth-order valence-corrected chi connectivity index (χ4v) is 6.20. The third-order valence-corrected chi connectivity index (χ3v) is 8.42. The molecule has 6 nitrogen and oxygen atoms in total. The maximum atomic E-state index is 13.1. The van der Waals surface area contributed by atoms with Crippen LogP contribution in [0.5, 0.6) is 0 Å². The van der Waals surface area contributed by atoms with Gasteiger partial charge in [0.2, 0.25) is 15.9 Å². The molecule has 0 radical (unpaired) electrons. The number of nitrogens with zero attached hydrogens (tertiary/aromatic N) is 2. The van der Waals surface area contributed by atoms with E-state index in [1.165, 1.54) is 15.4 Å². The van der Waals surface area contributed by atoms with Crippen LogP contribution in [0.4, 0.5) is 0 Å². The van der Waals surface area contributed by atoms with Gasteiger partial charge in [-0.25, -0.2) is 8.42 Å². The molecule has 1 fully saturated rings. The molecule has 32 heavy (non-hydrogen) atoms. The van der Waals surface area contributed by atoms with Gasteiger partial charge in [-0.2, -0.15) is 4.31 Å². The minimum Gasteiger partial charge on any atom is -0.352 e. The van der Waals surface area contributed by atoms with Crippen molar-refractivity contribution in [1.82, 2.24) is 14.5 Å². The molecule has 0 bridgehead atoms. The van der Waals surface area contributed by atoms with Gasteiger partial charge in [0.1, 0.15) is 0 Å². The van der Waals surface area contributed by atoms with E-state index in [0.29, 0.717) is 37.4 Å². The molecule has 1 heterocycles. The summed E-state index contributed by atoms with van der Waals surface area (Å²) in [6.07, 6.45) is 4.20. The molecule has 0 aromatic heterocycles. The lowest BCUT2D eigenvalue weighted by Gasteiger charge is -2.30. The van der Waals surface area contributed by atoms with Gasteiger partial charge in [-0.3, -0.25) is 4.79 Å². The topological polar surface area (TPSA) is 69.7 Å². The van der Waals surface area contributed by atoms with Crippen LogP contribution in [0.2, 0.25) is 0 Å². The molecule has 0 spiro atoms. The molecule has 0 unspecified atom stereocenters. The summed E-state index contributed by atoms with van der Waals surface area (Å²) >= 11 is 0. The lowest BCUT2D eigenvalue weighted by atomic mass is 9.97. The average Bonchev–Trinajstić information content (AvgIpc) is 3.26. The number of carbonyl (C=O) groups is 1. The summed E-state index contributed by atoms with van der Waals surface area (Å²) in [7, 11) is 0.574. The van der Waals surface area contributed by atoms with E-state index in [1.807, 2.05) is 38.4 Å². The number of sulfonamides is 1.